The van der Waals surface area contributed by atoms with Crippen LogP contribution in [0.4, 0.5) is 5.13 Å². The number of nitrogens with zero attached hydrogens (tertiary/aromatic N) is 6. The van der Waals surface area contributed by atoms with E-state index < -0.39 is 0 Å². The highest BCUT2D eigenvalue weighted by Gasteiger charge is 2.23. The third kappa shape index (κ3) is 3.67. The summed E-state index contributed by atoms with van der Waals surface area (Å²) < 4.78 is 7.63. The second kappa shape index (κ2) is 7.91. The maximum atomic E-state index is 13.1. The number of aromatic nitrogens is 5. The maximum absolute atomic E-state index is 13.1. The number of anilines is 1. The second-order valence-corrected chi connectivity index (χ2v) is 7.24. The Hall–Kier alpha value is -3.04. The summed E-state index contributed by atoms with van der Waals surface area (Å²) in [5.41, 5.74) is 1.51. The third-order valence-electron chi connectivity index (χ3n) is 4.03. The molecule has 0 aliphatic heterocycles. The molecule has 8 nitrogen and oxygen atoms in total. The Morgan fingerprint density at radius 1 is 1.32 bits per heavy atom. The summed E-state index contributed by atoms with van der Waals surface area (Å²) in [5, 5.41) is 5.09. The molecule has 0 fully saturated rings. The maximum Gasteiger partial charge on any atom is 0.250 e. The molecule has 28 heavy (non-hydrogen) atoms. The standard InChI is InChI=1S/C18H15ClN6O2S/c1-27-14-5-4-13(19)17-16(14)23-18(28-17)25(8-12-3-2-6-20-7-12)15(26)9-24-11-21-10-22-24/h2-7,10-11H,8-9H2,1H3. The minimum atomic E-state index is -0.177. The van der Waals surface area contributed by atoms with Crippen LogP contribution in [0.3, 0.4) is 0 Å². The zero-order valence-electron chi connectivity index (χ0n) is 14.8. The minimum Gasteiger partial charge on any atom is -0.494 e. The molecule has 0 saturated carbocycles. The summed E-state index contributed by atoms with van der Waals surface area (Å²) in [7, 11) is 1.57. The monoisotopic (exact) mass is 414 g/mol. The van der Waals surface area contributed by atoms with Crippen molar-refractivity contribution in [2.75, 3.05) is 12.0 Å². The highest BCUT2D eigenvalue weighted by atomic mass is 35.5. The summed E-state index contributed by atoms with van der Waals surface area (Å²) in [6, 6.07) is 7.25. The van der Waals surface area contributed by atoms with Crippen molar-refractivity contribution in [3.63, 3.8) is 0 Å². The topological polar surface area (TPSA) is 86.0 Å². The zero-order chi connectivity index (χ0) is 19.5. The van der Waals surface area contributed by atoms with Gasteiger partial charge in [-0.2, -0.15) is 5.10 Å². The van der Waals surface area contributed by atoms with Gasteiger partial charge in [-0.15, -0.1) is 0 Å². The van der Waals surface area contributed by atoms with Gasteiger partial charge >= 0.3 is 0 Å². The predicted molar refractivity (Wildman–Crippen MR) is 107 cm³/mol. The van der Waals surface area contributed by atoms with Crippen LogP contribution in [0.1, 0.15) is 5.56 Å². The Bertz CT molecular complexity index is 1100. The first-order chi connectivity index (χ1) is 13.7. The first kappa shape index (κ1) is 18.3. The van der Waals surface area contributed by atoms with Crippen LogP contribution < -0.4 is 9.64 Å². The molecule has 0 bridgehead atoms. The molecular formula is C18H15ClN6O2S. The van der Waals surface area contributed by atoms with Crippen molar-refractivity contribution in [3.8, 4) is 5.75 Å². The molecule has 1 amide bonds. The summed E-state index contributed by atoms with van der Waals surface area (Å²) in [4.78, 5) is 27.3. The van der Waals surface area contributed by atoms with Gasteiger partial charge in [-0.25, -0.2) is 14.6 Å². The normalized spacial score (nSPS) is 10.9. The Morgan fingerprint density at radius 3 is 2.93 bits per heavy atom. The lowest BCUT2D eigenvalue weighted by Gasteiger charge is -2.19. The largest absolute Gasteiger partial charge is 0.494 e. The van der Waals surface area contributed by atoms with Crippen molar-refractivity contribution in [3.05, 3.63) is 59.9 Å². The summed E-state index contributed by atoms with van der Waals surface area (Å²) in [6.07, 6.45) is 6.30. The SMILES string of the molecule is COc1ccc(Cl)c2sc(N(Cc3cccnc3)C(=O)Cn3cncn3)nc12. The van der Waals surface area contributed by atoms with Crippen molar-refractivity contribution in [1.29, 1.82) is 0 Å². The summed E-state index contributed by atoms with van der Waals surface area (Å²) in [6.45, 7) is 0.363. The van der Waals surface area contributed by atoms with E-state index in [4.69, 9.17) is 16.3 Å². The zero-order valence-corrected chi connectivity index (χ0v) is 16.4. The molecule has 0 aliphatic rings. The van der Waals surface area contributed by atoms with Gasteiger partial charge in [0.05, 0.1) is 23.4 Å². The summed E-state index contributed by atoms with van der Waals surface area (Å²) >= 11 is 7.68. The van der Waals surface area contributed by atoms with Gasteiger partial charge in [-0.05, 0) is 23.8 Å². The van der Waals surface area contributed by atoms with E-state index in [2.05, 4.69) is 20.1 Å². The quantitative estimate of drug-likeness (QED) is 0.481. The first-order valence-corrected chi connectivity index (χ1v) is 9.50. The van der Waals surface area contributed by atoms with E-state index in [1.807, 2.05) is 12.1 Å². The molecule has 0 saturated heterocycles. The number of ether oxygens (including phenoxy) is 1. The molecule has 4 rings (SSSR count). The van der Waals surface area contributed by atoms with Crippen LogP contribution in [0.2, 0.25) is 5.02 Å². The van der Waals surface area contributed by atoms with Crippen molar-refractivity contribution in [1.82, 2.24) is 24.7 Å². The fourth-order valence-corrected chi connectivity index (χ4v) is 3.97. The molecule has 1 aromatic carbocycles. The van der Waals surface area contributed by atoms with Gasteiger partial charge in [0.1, 0.15) is 30.5 Å². The lowest BCUT2D eigenvalue weighted by Crippen LogP contribution is -2.33. The van der Waals surface area contributed by atoms with Crippen molar-refractivity contribution < 1.29 is 9.53 Å². The highest BCUT2D eigenvalue weighted by molar-refractivity contribution is 7.23. The molecule has 142 valence electrons. The second-order valence-electron chi connectivity index (χ2n) is 5.86. The number of halogens is 1. The Morgan fingerprint density at radius 2 is 2.21 bits per heavy atom. The smallest absolute Gasteiger partial charge is 0.250 e. The fraction of sp³-hybridized carbons (Fsp3) is 0.167. The van der Waals surface area contributed by atoms with Crippen LogP contribution in [0.25, 0.3) is 10.2 Å². The number of amides is 1. The average molecular weight is 415 g/mol. The first-order valence-electron chi connectivity index (χ1n) is 8.30. The molecule has 0 spiro atoms. The number of hydrogen-bond donors (Lipinski definition) is 0. The average Bonchev–Trinajstić information content (AvgIpc) is 3.37. The lowest BCUT2D eigenvalue weighted by atomic mass is 10.2. The van der Waals surface area contributed by atoms with E-state index in [0.29, 0.717) is 28.0 Å². The van der Waals surface area contributed by atoms with Crippen LogP contribution in [-0.4, -0.2) is 37.7 Å². The number of methoxy groups -OCH3 is 1. The van der Waals surface area contributed by atoms with Gasteiger partial charge in [0.15, 0.2) is 5.13 Å². The molecule has 0 atom stereocenters. The van der Waals surface area contributed by atoms with E-state index in [0.717, 1.165) is 10.3 Å². The molecule has 4 aromatic rings. The van der Waals surface area contributed by atoms with Gasteiger partial charge in [-0.1, -0.05) is 29.0 Å². The molecular weight excluding hydrogens is 400 g/mol. The van der Waals surface area contributed by atoms with Gasteiger partial charge in [-0.3, -0.25) is 14.7 Å². The number of thiazole rings is 1. The molecule has 0 unspecified atom stereocenters. The molecule has 0 aliphatic carbocycles. The number of carbonyl (C=O) groups is 1. The summed E-state index contributed by atoms with van der Waals surface area (Å²) in [5.74, 6) is 0.426. The van der Waals surface area contributed by atoms with Crippen LogP contribution in [0.5, 0.6) is 5.75 Å². The Balaban J connectivity index is 1.75. The van der Waals surface area contributed by atoms with Crippen LogP contribution in [0, 0.1) is 0 Å². The third-order valence-corrected chi connectivity index (χ3v) is 5.57. The Labute approximate surface area is 169 Å². The van der Waals surface area contributed by atoms with E-state index in [1.54, 1.807) is 36.5 Å². The molecule has 3 heterocycles. The number of hydrogen-bond acceptors (Lipinski definition) is 7. The predicted octanol–water partition coefficient (Wildman–Crippen LogP) is 3.18. The molecule has 10 heteroatoms. The van der Waals surface area contributed by atoms with E-state index in [1.165, 1.54) is 28.7 Å². The van der Waals surface area contributed by atoms with Gasteiger partial charge in [0, 0.05) is 12.4 Å². The fourth-order valence-electron chi connectivity index (χ4n) is 2.70. The van der Waals surface area contributed by atoms with Crippen LogP contribution in [-0.2, 0) is 17.9 Å². The van der Waals surface area contributed by atoms with E-state index >= 15 is 0 Å². The van der Waals surface area contributed by atoms with Gasteiger partial charge in [0.25, 0.3) is 5.91 Å². The van der Waals surface area contributed by atoms with Crippen molar-refractivity contribution in [2.45, 2.75) is 13.1 Å². The van der Waals surface area contributed by atoms with E-state index in [-0.39, 0.29) is 12.5 Å². The minimum absolute atomic E-state index is 0.0427. The number of rotatable bonds is 6. The van der Waals surface area contributed by atoms with Crippen molar-refractivity contribution in [2.24, 2.45) is 0 Å². The molecule has 0 N–H and O–H groups in total. The number of benzene rings is 1. The molecule has 0 radical (unpaired) electrons. The lowest BCUT2D eigenvalue weighted by molar-refractivity contribution is -0.119. The number of pyridine rings is 1. The Kier molecular flexibility index (Phi) is 5.18. The van der Waals surface area contributed by atoms with Crippen molar-refractivity contribution >= 4 is 44.2 Å². The van der Waals surface area contributed by atoms with Gasteiger partial charge < -0.3 is 4.74 Å². The van der Waals surface area contributed by atoms with E-state index in [9.17, 15) is 4.79 Å². The van der Waals surface area contributed by atoms with Crippen LogP contribution >= 0.6 is 22.9 Å². The number of carbonyl (C=O) groups excluding carboxylic acids is 1. The molecule has 3 aromatic heterocycles. The van der Waals surface area contributed by atoms with Crippen LogP contribution in [0.15, 0.2) is 49.3 Å². The van der Waals surface area contributed by atoms with Gasteiger partial charge in [0.2, 0.25) is 0 Å². The number of fused-ring (bicyclic) bond motifs is 1. The highest BCUT2D eigenvalue weighted by Crippen LogP contribution is 2.39.